The number of hydrogen-bond acceptors (Lipinski definition) is 2. The minimum atomic E-state index is 0.431. The Bertz CT molecular complexity index is 143. The molecule has 2 unspecified atom stereocenters. The highest BCUT2D eigenvalue weighted by atomic mass is 16.5. The lowest BCUT2D eigenvalue weighted by atomic mass is 9.95. The molecular formula is C11H23NO. The van der Waals surface area contributed by atoms with Crippen molar-refractivity contribution >= 4 is 0 Å². The summed E-state index contributed by atoms with van der Waals surface area (Å²) in [5, 5.41) is 3.53. The first kappa shape index (κ1) is 11.0. The van der Waals surface area contributed by atoms with E-state index in [0.29, 0.717) is 18.1 Å². The minimum absolute atomic E-state index is 0.431. The Morgan fingerprint density at radius 3 is 2.31 bits per heavy atom. The van der Waals surface area contributed by atoms with E-state index >= 15 is 0 Å². The van der Waals surface area contributed by atoms with E-state index in [4.69, 9.17) is 4.74 Å². The van der Waals surface area contributed by atoms with Crippen LogP contribution < -0.4 is 5.32 Å². The third-order valence-electron chi connectivity index (χ3n) is 2.87. The molecule has 0 spiro atoms. The monoisotopic (exact) mass is 185 g/mol. The highest BCUT2D eigenvalue weighted by molar-refractivity contribution is 4.91. The summed E-state index contributed by atoms with van der Waals surface area (Å²) in [4.78, 5) is 0. The molecule has 1 aliphatic carbocycles. The van der Waals surface area contributed by atoms with Crippen molar-refractivity contribution in [3.8, 4) is 0 Å². The molecule has 0 radical (unpaired) electrons. The maximum absolute atomic E-state index is 5.59. The highest BCUT2D eigenvalue weighted by Gasteiger charge is 2.37. The zero-order valence-corrected chi connectivity index (χ0v) is 9.34. The standard InChI is InChI=1S/C11H23NO/c1-5-12-10(8(2)3)11(13-4)9-6-7-9/h8-12H,5-7H2,1-4H3. The molecule has 0 amide bonds. The molecule has 1 saturated carbocycles. The lowest BCUT2D eigenvalue weighted by Gasteiger charge is -2.29. The van der Waals surface area contributed by atoms with Crippen molar-refractivity contribution in [1.82, 2.24) is 5.32 Å². The van der Waals surface area contributed by atoms with Gasteiger partial charge in [0.05, 0.1) is 6.10 Å². The Kier molecular flexibility index (Phi) is 4.20. The van der Waals surface area contributed by atoms with Crippen molar-refractivity contribution in [1.29, 1.82) is 0 Å². The topological polar surface area (TPSA) is 21.3 Å². The number of rotatable bonds is 6. The van der Waals surface area contributed by atoms with Crippen LogP contribution in [0.25, 0.3) is 0 Å². The van der Waals surface area contributed by atoms with Crippen LogP contribution in [0.2, 0.25) is 0 Å². The van der Waals surface area contributed by atoms with Crippen molar-refractivity contribution in [3.63, 3.8) is 0 Å². The maximum Gasteiger partial charge on any atom is 0.0754 e. The maximum atomic E-state index is 5.59. The van der Waals surface area contributed by atoms with Gasteiger partial charge in [-0.25, -0.2) is 0 Å². The highest BCUT2D eigenvalue weighted by Crippen LogP contribution is 2.36. The SMILES string of the molecule is CCNC(C(C)C)C(OC)C1CC1. The second kappa shape index (κ2) is 4.97. The van der Waals surface area contributed by atoms with Gasteiger partial charge in [0.1, 0.15) is 0 Å². The zero-order valence-electron chi connectivity index (χ0n) is 9.34. The molecule has 2 atom stereocenters. The van der Waals surface area contributed by atoms with E-state index in [-0.39, 0.29) is 0 Å². The van der Waals surface area contributed by atoms with Crippen LogP contribution in [0, 0.1) is 11.8 Å². The van der Waals surface area contributed by atoms with Crippen LogP contribution in [0.15, 0.2) is 0 Å². The first-order chi connectivity index (χ1) is 6.20. The van der Waals surface area contributed by atoms with Gasteiger partial charge in [-0.3, -0.25) is 0 Å². The van der Waals surface area contributed by atoms with E-state index in [1.54, 1.807) is 0 Å². The van der Waals surface area contributed by atoms with Gasteiger partial charge in [-0.1, -0.05) is 20.8 Å². The normalized spacial score (nSPS) is 21.9. The molecule has 0 aromatic heterocycles. The number of nitrogens with one attached hydrogen (secondary N) is 1. The molecule has 1 aliphatic rings. The van der Waals surface area contributed by atoms with Crippen LogP contribution in [-0.4, -0.2) is 25.8 Å². The minimum Gasteiger partial charge on any atom is -0.380 e. The number of ether oxygens (including phenoxy) is 1. The van der Waals surface area contributed by atoms with Gasteiger partial charge >= 0.3 is 0 Å². The molecule has 78 valence electrons. The first-order valence-corrected chi connectivity index (χ1v) is 5.46. The van der Waals surface area contributed by atoms with E-state index in [2.05, 4.69) is 26.1 Å². The molecule has 0 bridgehead atoms. The molecule has 0 aromatic rings. The van der Waals surface area contributed by atoms with E-state index in [0.717, 1.165) is 12.5 Å². The largest absolute Gasteiger partial charge is 0.380 e. The Morgan fingerprint density at radius 2 is 2.00 bits per heavy atom. The van der Waals surface area contributed by atoms with Gasteiger partial charge in [0.25, 0.3) is 0 Å². The molecule has 1 fully saturated rings. The molecule has 2 nitrogen and oxygen atoms in total. The van der Waals surface area contributed by atoms with Crippen LogP contribution in [0.4, 0.5) is 0 Å². The fourth-order valence-corrected chi connectivity index (χ4v) is 2.02. The van der Waals surface area contributed by atoms with Crippen molar-refractivity contribution in [2.75, 3.05) is 13.7 Å². The summed E-state index contributed by atoms with van der Waals surface area (Å²) in [6, 6.07) is 0.530. The first-order valence-electron chi connectivity index (χ1n) is 5.46. The van der Waals surface area contributed by atoms with Crippen molar-refractivity contribution in [2.24, 2.45) is 11.8 Å². The fraction of sp³-hybridized carbons (Fsp3) is 1.00. The van der Waals surface area contributed by atoms with Crippen LogP contribution in [-0.2, 0) is 4.74 Å². The molecule has 0 aromatic carbocycles. The summed E-state index contributed by atoms with van der Waals surface area (Å²) in [5.41, 5.74) is 0. The van der Waals surface area contributed by atoms with E-state index < -0.39 is 0 Å². The molecule has 1 N–H and O–H groups in total. The molecule has 13 heavy (non-hydrogen) atoms. The van der Waals surface area contributed by atoms with Gasteiger partial charge < -0.3 is 10.1 Å². The summed E-state index contributed by atoms with van der Waals surface area (Å²) in [6.07, 6.45) is 3.14. The summed E-state index contributed by atoms with van der Waals surface area (Å²) >= 11 is 0. The van der Waals surface area contributed by atoms with Gasteiger partial charge in [-0.2, -0.15) is 0 Å². The van der Waals surface area contributed by atoms with Crippen LogP contribution in [0.3, 0.4) is 0 Å². The van der Waals surface area contributed by atoms with E-state index in [9.17, 15) is 0 Å². The van der Waals surface area contributed by atoms with E-state index in [1.807, 2.05) is 7.11 Å². The van der Waals surface area contributed by atoms with Crippen molar-refractivity contribution < 1.29 is 4.74 Å². The van der Waals surface area contributed by atoms with Crippen LogP contribution in [0.5, 0.6) is 0 Å². The average molecular weight is 185 g/mol. The Balaban J connectivity index is 2.48. The number of likely N-dealkylation sites (N-methyl/N-ethyl adjacent to an activating group) is 1. The zero-order chi connectivity index (χ0) is 9.84. The third-order valence-corrected chi connectivity index (χ3v) is 2.87. The summed E-state index contributed by atoms with van der Waals surface area (Å²) in [5.74, 6) is 1.47. The van der Waals surface area contributed by atoms with Crippen LogP contribution in [0.1, 0.15) is 33.6 Å². The molecule has 0 aliphatic heterocycles. The second-order valence-electron chi connectivity index (χ2n) is 4.37. The van der Waals surface area contributed by atoms with Crippen LogP contribution >= 0.6 is 0 Å². The summed E-state index contributed by atoms with van der Waals surface area (Å²) < 4.78 is 5.59. The summed E-state index contributed by atoms with van der Waals surface area (Å²) in [7, 11) is 1.84. The Labute approximate surface area is 82.0 Å². The second-order valence-corrected chi connectivity index (χ2v) is 4.37. The Hall–Kier alpha value is -0.0800. The van der Waals surface area contributed by atoms with Gasteiger partial charge in [0, 0.05) is 13.2 Å². The van der Waals surface area contributed by atoms with Crippen molar-refractivity contribution in [2.45, 2.75) is 45.8 Å². The van der Waals surface area contributed by atoms with Crippen molar-refractivity contribution in [3.05, 3.63) is 0 Å². The molecule has 0 saturated heterocycles. The smallest absolute Gasteiger partial charge is 0.0754 e. The van der Waals surface area contributed by atoms with E-state index in [1.165, 1.54) is 12.8 Å². The molecule has 0 heterocycles. The predicted octanol–water partition coefficient (Wildman–Crippen LogP) is 2.05. The predicted molar refractivity (Wildman–Crippen MR) is 55.8 cm³/mol. The van der Waals surface area contributed by atoms with Gasteiger partial charge in [0.15, 0.2) is 0 Å². The molecule has 2 heteroatoms. The lowest BCUT2D eigenvalue weighted by Crippen LogP contribution is -2.45. The summed E-state index contributed by atoms with van der Waals surface area (Å²) in [6.45, 7) is 7.73. The lowest BCUT2D eigenvalue weighted by molar-refractivity contribution is 0.0370. The van der Waals surface area contributed by atoms with Gasteiger partial charge in [-0.05, 0) is 31.2 Å². The molecular weight excluding hydrogens is 162 g/mol. The third kappa shape index (κ3) is 2.96. The molecule has 1 rings (SSSR count). The quantitative estimate of drug-likeness (QED) is 0.684. The number of hydrogen-bond donors (Lipinski definition) is 1. The van der Waals surface area contributed by atoms with Gasteiger partial charge in [-0.15, -0.1) is 0 Å². The number of methoxy groups -OCH3 is 1. The average Bonchev–Trinajstić information content (AvgIpc) is 2.88. The Morgan fingerprint density at radius 1 is 1.38 bits per heavy atom. The fourth-order valence-electron chi connectivity index (χ4n) is 2.02. The van der Waals surface area contributed by atoms with Gasteiger partial charge in [0.2, 0.25) is 0 Å².